The second-order valence-electron chi connectivity index (χ2n) is 3.33. The van der Waals surface area contributed by atoms with Crippen molar-refractivity contribution < 1.29 is 0 Å². The number of aromatic nitrogens is 1. The van der Waals surface area contributed by atoms with E-state index in [1.807, 2.05) is 32.3 Å². The molecule has 0 amide bonds. The number of pyridine rings is 1. The maximum atomic E-state index is 8.83. The summed E-state index contributed by atoms with van der Waals surface area (Å²) in [6, 6.07) is 6.19. The number of rotatable bonds is 4. The van der Waals surface area contributed by atoms with Crippen molar-refractivity contribution in [3.8, 4) is 6.07 Å². The summed E-state index contributed by atoms with van der Waals surface area (Å²) in [7, 11) is 1.98. The average Bonchev–Trinajstić information content (AvgIpc) is 2.26. The molecule has 0 N–H and O–H groups in total. The molecule has 0 aliphatic heterocycles. The van der Waals surface area contributed by atoms with Crippen LogP contribution in [0.15, 0.2) is 24.5 Å². The summed E-state index contributed by atoms with van der Waals surface area (Å²) in [4.78, 5) is 6.10. The zero-order valence-electron chi connectivity index (χ0n) is 8.64. The Labute approximate surface area is 85.0 Å². The Bertz CT molecular complexity index is 302. The molecular weight excluding hydrogens is 174 g/mol. The second kappa shape index (κ2) is 5.23. The first-order valence-electron chi connectivity index (χ1n) is 4.78. The minimum atomic E-state index is 0.0974. The Hall–Kier alpha value is -1.56. The van der Waals surface area contributed by atoms with Crippen molar-refractivity contribution in [2.24, 2.45) is 5.92 Å². The molecular formula is C11H15N3. The van der Waals surface area contributed by atoms with Crippen molar-refractivity contribution in [2.45, 2.75) is 13.3 Å². The van der Waals surface area contributed by atoms with Crippen molar-refractivity contribution >= 4 is 5.69 Å². The van der Waals surface area contributed by atoms with E-state index in [2.05, 4.69) is 16.0 Å². The van der Waals surface area contributed by atoms with Crippen molar-refractivity contribution in [3.63, 3.8) is 0 Å². The van der Waals surface area contributed by atoms with E-state index in [9.17, 15) is 0 Å². The van der Waals surface area contributed by atoms with Crippen LogP contribution in [0.3, 0.4) is 0 Å². The number of nitriles is 1. The molecule has 1 rings (SSSR count). The molecule has 1 aromatic rings. The molecule has 1 aromatic heterocycles. The molecule has 0 aromatic carbocycles. The highest BCUT2D eigenvalue weighted by atomic mass is 15.1. The molecule has 1 unspecified atom stereocenters. The quantitative estimate of drug-likeness (QED) is 0.728. The zero-order valence-corrected chi connectivity index (χ0v) is 8.64. The van der Waals surface area contributed by atoms with E-state index in [0.717, 1.165) is 18.7 Å². The minimum Gasteiger partial charge on any atom is -0.372 e. The molecule has 0 spiro atoms. The van der Waals surface area contributed by atoms with Gasteiger partial charge < -0.3 is 4.90 Å². The van der Waals surface area contributed by atoms with Crippen LogP contribution < -0.4 is 4.90 Å². The van der Waals surface area contributed by atoms with Crippen LogP contribution in [0.5, 0.6) is 0 Å². The fourth-order valence-corrected chi connectivity index (χ4v) is 1.28. The lowest BCUT2D eigenvalue weighted by atomic mass is 10.1. The molecule has 0 saturated carbocycles. The van der Waals surface area contributed by atoms with Gasteiger partial charge in [0, 0.05) is 19.8 Å². The molecule has 14 heavy (non-hydrogen) atoms. The van der Waals surface area contributed by atoms with Crippen molar-refractivity contribution in [3.05, 3.63) is 24.5 Å². The summed E-state index contributed by atoms with van der Waals surface area (Å²) < 4.78 is 0. The zero-order chi connectivity index (χ0) is 10.4. The van der Waals surface area contributed by atoms with E-state index in [4.69, 9.17) is 5.26 Å². The molecule has 0 aliphatic carbocycles. The van der Waals surface area contributed by atoms with Gasteiger partial charge >= 0.3 is 0 Å². The molecule has 0 saturated heterocycles. The van der Waals surface area contributed by atoms with Crippen molar-refractivity contribution in [1.29, 1.82) is 5.26 Å². The summed E-state index contributed by atoms with van der Waals surface area (Å²) in [6.07, 6.45) is 4.45. The lowest BCUT2D eigenvalue weighted by Gasteiger charge is -2.20. The topological polar surface area (TPSA) is 39.9 Å². The van der Waals surface area contributed by atoms with Crippen molar-refractivity contribution in [1.82, 2.24) is 4.98 Å². The maximum absolute atomic E-state index is 8.83. The molecule has 74 valence electrons. The Balaban J connectivity index is 2.59. The lowest BCUT2D eigenvalue weighted by molar-refractivity contribution is 0.631. The highest BCUT2D eigenvalue weighted by Crippen LogP contribution is 2.12. The van der Waals surface area contributed by atoms with Gasteiger partial charge in [-0.25, -0.2) is 0 Å². The smallest absolute Gasteiger partial charge is 0.0674 e. The Morgan fingerprint density at radius 1 is 1.64 bits per heavy atom. The standard InChI is InChI=1S/C11H15N3/c1-3-10(7-12)9-14(2)11-5-4-6-13-8-11/h4-6,8,10H,3,9H2,1-2H3. The molecule has 1 heterocycles. The van der Waals surface area contributed by atoms with E-state index in [0.29, 0.717) is 0 Å². The monoisotopic (exact) mass is 189 g/mol. The fourth-order valence-electron chi connectivity index (χ4n) is 1.28. The molecule has 1 atom stereocenters. The highest BCUT2D eigenvalue weighted by Gasteiger charge is 2.08. The lowest BCUT2D eigenvalue weighted by Crippen LogP contribution is -2.24. The number of hydrogen-bond donors (Lipinski definition) is 0. The van der Waals surface area contributed by atoms with E-state index >= 15 is 0 Å². The van der Waals surface area contributed by atoms with E-state index in [-0.39, 0.29) is 5.92 Å². The largest absolute Gasteiger partial charge is 0.372 e. The van der Waals surface area contributed by atoms with Gasteiger partial charge in [-0.3, -0.25) is 4.98 Å². The first-order chi connectivity index (χ1) is 6.77. The molecule has 3 nitrogen and oxygen atoms in total. The second-order valence-corrected chi connectivity index (χ2v) is 3.33. The van der Waals surface area contributed by atoms with Gasteiger partial charge in [0.1, 0.15) is 0 Å². The summed E-state index contributed by atoms with van der Waals surface area (Å²) in [5.74, 6) is 0.0974. The molecule has 0 bridgehead atoms. The molecule has 0 radical (unpaired) electrons. The van der Waals surface area contributed by atoms with Gasteiger partial charge in [-0.1, -0.05) is 6.92 Å². The van der Waals surface area contributed by atoms with Gasteiger partial charge in [0.25, 0.3) is 0 Å². The van der Waals surface area contributed by atoms with Crippen LogP contribution in [0.1, 0.15) is 13.3 Å². The van der Waals surface area contributed by atoms with Crippen LogP contribution in [-0.4, -0.2) is 18.6 Å². The van der Waals surface area contributed by atoms with E-state index < -0.39 is 0 Å². The molecule has 0 aliphatic rings. The van der Waals surface area contributed by atoms with Crippen LogP contribution in [0.4, 0.5) is 5.69 Å². The van der Waals surface area contributed by atoms with Gasteiger partial charge in [0.15, 0.2) is 0 Å². The third kappa shape index (κ3) is 2.74. The van der Waals surface area contributed by atoms with Crippen LogP contribution in [0.2, 0.25) is 0 Å². The number of nitrogens with zero attached hydrogens (tertiary/aromatic N) is 3. The fraction of sp³-hybridized carbons (Fsp3) is 0.455. The van der Waals surface area contributed by atoms with Gasteiger partial charge in [-0.2, -0.15) is 5.26 Å². The van der Waals surface area contributed by atoms with E-state index in [1.165, 1.54) is 0 Å². The maximum Gasteiger partial charge on any atom is 0.0674 e. The summed E-state index contributed by atoms with van der Waals surface area (Å²) in [5.41, 5.74) is 1.06. The first kappa shape index (κ1) is 10.5. The molecule has 3 heteroatoms. The third-order valence-corrected chi connectivity index (χ3v) is 2.26. The van der Waals surface area contributed by atoms with Crippen LogP contribution in [0.25, 0.3) is 0 Å². The minimum absolute atomic E-state index is 0.0974. The Kier molecular flexibility index (Phi) is 3.93. The third-order valence-electron chi connectivity index (χ3n) is 2.26. The van der Waals surface area contributed by atoms with Gasteiger partial charge in [0.05, 0.1) is 23.9 Å². The summed E-state index contributed by atoms with van der Waals surface area (Å²) in [6.45, 7) is 2.80. The van der Waals surface area contributed by atoms with Crippen LogP contribution in [-0.2, 0) is 0 Å². The number of hydrogen-bond acceptors (Lipinski definition) is 3. The Morgan fingerprint density at radius 3 is 2.93 bits per heavy atom. The average molecular weight is 189 g/mol. The van der Waals surface area contributed by atoms with Crippen LogP contribution >= 0.6 is 0 Å². The predicted octanol–water partition coefficient (Wildman–Crippen LogP) is 2.07. The van der Waals surface area contributed by atoms with Gasteiger partial charge in [-0.05, 0) is 18.6 Å². The summed E-state index contributed by atoms with van der Waals surface area (Å²) in [5, 5.41) is 8.83. The molecule has 0 fully saturated rings. The normalized spacial score (nSPS) is 11.8. The SMILES string of the molecule is CCC(C#N)CN(C)c1cccnc1. The number of anilines is 1. The summed E-state index contributed by atoms with van der Waals surface area (Å²) >= 11 is 0. The van der Waals surface area contributed by atoms with E-state index in [1.54, 1.807) is 6.20 Å². The van der Waals surface area contributed by atoms with Gasteiger partial charge in [-0.15, -0.1) is 0 Å². The Morgan fingerprint density at radius 2 is 2.43 bits per heavy atom. The van der Waals surface area contributed by atoms with Crippen molar-refractivity contribution in [2.75, 3.05) is 18.5 Å². The van der Waals surface area contributed by atoms with Gasteiger partial charge in [0.2, 0.25) is 0 Å². The highest BCUT2D eigenvalue weighted by molar-refractivity contribution is 5.42. The first-order valence-corrected chi connectivity index (χ1v) is 4.78. The van der Waals surface area contributed by atoms with Crippen LogP contribution in [0, 0.1) is 17.2 Å². The predicted molar refractivity (Wildman–Crippen MR) is 56.9 cm³/mol.